The predicted molar refractivity (Wildman–Crippen MR) is 90.3 cm³/mol. The maximum absolute atomic E-state index is 12.1. The lowest BCUT2D eigenvalue weighted by atomic mass is 10.0. The molecule has 0 aliphatic carbocycles. The molecule has 0 bridgehead atoms. The summed E-state index contributed by atoms with van der Waals surface area (Å²) in [5.41, 5.74) is 0.469. The van der Waals surface area contributed by atoms with Crippen LogP contribution in [0, 0.1) is 0 Å². The van der Waals surface area contributed by atoms with Crippen molar-refractivity contribution in [2.45, 2.75) is 25.4 Å². The zero-order valence-corrected chi connectivity index (χ0v) is 15.2. The largest absolute Gasteiger partial charge is 0.349 e. The molecule has 1 aromatic carbocycles. The Morgan fingerprint density at radius 1 is 1.41 bits per heavy atom. The number of hydrogen-bond donors (Lipinski definition) is 1. The number of nitrogens with zero attached hydrogens (tertiary/aromatic N) is 1. The van der Waals surface area contributed by atoms with Crippen LogP contribution in [0.15, 0.2) is 28.7 Å². The highest BCUT2D eigenvalue weighted by Crippen LogP contribution is 2.22. The van der Waals surface area contributed by atoms with Gasteiger partial charge in [0.1, 0.15) is 0 Å². The molecule has 1 aliphatic rings. The molecule has 1 saturated heterocycles. The monoisotopic (exact) mass is 388 g/mol. The lowest BCUT2D eigenvalue weighted by Crippen LogP contribution is -2.49. The van der Waals surface area contributed by atoms with Crippen LogP contribution in [0.1, 0.15) is 18.9 Å². The SMILES string of the molecule is CN(CC(=O)N[C@@]1(C)CCS(=O)(=O)C1)Cc1ccccc1Br. The molecular formula is C15H21BrN2O3S. The van der Waals surface area contributed by atoms with E-state index in [1.807, 2.05) is 36.2 Å². The van der Waals surface area contributed by atoms with Crippen LogP contribution < -0.4 is 5.32 Å². The Bertz CT molecular complexity index is 663. The molecule has 0 saturated carbocycles. The van der Waals surface area contributed by atoms with Crippen LogP contribution in [0.5, 0.6) is 0 Å². The van der Waals surface area contributed by atoms with Crippen LogP contribution in [0.25, 0.3) is 0 Å². The number of carbonyl (C=O) groups is 1. The van der Waals surface area contributed by atoms with E-state index in [1.165, 1.54) is 0 Å². The Morgan fingerprint density at radius 2 is 2.09 bits per heavy atom. The minimum atomic E-state index is -3.02. The van der Waals surface area contributed by atoms with E-state index in [9.17, 15) is 13.2 Å². The van der Waals surface area contributed by atoms with Crippen LogP contribution in [0.4, 0.5) is 0 Å². The van der Waals surface area contributed by atoms with E-state index in [1.54, 1.807) is 6.92 Å². The van der Waals surface area contributed by atoms with Gasteiger partial charge in [0.25, 0.3) is 0 Å². The van der Waals surface area contributed by atoms with Gasteiger partial charge in [0.2, 0.25) is 5.91 Å². The second-order valence-electron chi connectivity index (χ2n) is 6.21. The summed E-state index contributed by atoms with van der Waals surface area (Å²) in [6.45, 7) is 2.67. The smallest absolute Gasteiger partial charge is 0.234 e. The van der Waals surface area contributed by atoms with E-state index in [0.29, 0.717) is 13.0 Å². The minimum Gasteiger partial charge on any atom is -0.349 e. The Morgan fingerprint density at radius 3 is 2.68 bits per heavy atom. The first-order valence-corrected chi connectivity index (χ1v) is 9.74. The van der Waals surface area contributed by atoms with Crippen LogP contribution in [0.3, 0.4) is 0 Å². The number of likely N-dealkylation sites (N-methyl/N-ethyl adjacent to an activating group) is 1. The average molecular weight is 389 g/mol. The maximum Gasteiger partial charge on any atom is 0.234 e. The van der Waals surface area contributed by atoms with Crippen molar-refractivity contribution in [2.24, 2.45) is 0 Å². The number of carbonyl (C=O) groups excluding carboxylic acids is 1. The van der Waals surface area contributed by atoms with Crippen LogP contribution in [0.2, 0.25) is 0 Å². The third kappa shape index (κ3) is 4.79. The summed E-state index contributed by atoms with van der Waals surface area (Å²) in [5.74, 6) is 0.0326. The molecule has 0 unspecified atom stereocenters. The number of halogens is 1. The standard InChI is InChI=1S/C15H21BrN2O3S/c1-15(7-8-22(20,21)11-15)17-14(19)10-18(2)9-12-5-3-4-6-13(12)16/h3-6H,7-11H2,1-2H3,(H,17,19)/t15-/m0/s1. The first kappa shape index (κ1) is 17.4. The maximum atomic E-state index is 12.1. The van der Waals surface area contributed by atoms with Gasteiger partial charge in [-0.05, 0) is 32.0 Å². The highest BCUT2D eigenvalue weighted by atomic mass is 79.9. The third-order valence-corrected chi connectivity index (χ3v) is 6.43. The Kier molecular flexibility index (Phi) is 5.29. The molecule has 122 valence electrons. The number of hydrogen-bond acceptors (Lipinski definition) is 4. The molecule has 22 heavy (non-hydrogen) atoms. The van der Waals surface area contributed by atoms with Gasteiger partial charge in [-0.25, -0.2) is 8.42 Å². The van der Waals surface area contributed by atoms with Crippen LogP contribution in [-0.2, 0) is 21.2 Å². The lowest BCUT2D eigenvalue weighted by molar-refractivity contribution is -0.123. The third-order valence-electron chi connectivity index (χ3n) is 3.76. The van der Waals surface area contributed by atoms with E-state index in [0.717, 1.165) is 10.0 Å². The fourth-order valence-corrected chi connectivity index (χ4v) is 5.21. The van der Waals surface area contributed by atoms with Crippen molar-refractivity contribution in [1.29, 1.82) is 0 Å². The molecule has 1 atom stereocenters. The summed E-state index contributed by atoms with van der Waals surface area (Å²) in [4.78, 5) is 14.0. The molecule has 2 rings (SSSR count). The number of benzene rings is 1. The van der Waals surface area contributed by atoms with Gasteiger partial charge in [-0.2, -0.15) is 0 Å². The minimum absolute atomic E-state index is 0.0275. The van der Waals surface area contributed by atoms with Gasteiger partial charge < -0.3 is 5.32 Å². The summed E-state index contributed by atoms with van der Waals surface area (Å²) in [7, 11) is -1.15. The normalized spacial score (nSPS) is 23.6. The number of amides is 1. The molecule has 0 aromatic heterocycles. The lowest BCUT2D eigenvalue weighted by Gasteiger charge is -2.26. The molecule has 1 amide bonds. The number of sulfone groups is 1. The highest BCUT2D eigenvalue weighted by molar-refractivity contribution is 9.10. The summed E-state index contributed by atoms with van der Waals surface area (Å²) < 4.78 is 24.1. The van der Waals surface area contributed by atoms with E-state index < -0.39 is 15.4 Å². The van der Waals surface area contributed by atoms with E-state index in [-0.39, 0.29) is 24.0 Å². The van der Waals surface area contributed by atoms with Gasteiger partial charge in [-0.3, -0.25) is 9.69 Å². The molecule has 7 heteroatoms. The Balaban J connectivity index is 1.88. The van der Waals surface area contributed by atoms with Gasteiger partial charge in [0.05, 0.1) is 23.6 Å². The molecular weight excluding hydrogens is 368 g/mol. The number of nitrogens with one attached hydrogen (secondary N) is 1. The van der Waals surface area contributed by atoms with Crippen molar-refractivity contribution in [1.82, 2.24) is 10.2 Å². The average Bonchev–Trinajstić information content (AvgIpc) is 2.65. The van der Waals surface area contributed by atoms with Crippen molar-refractivity contribution >= 4 is 31.7 Å². The molecule has 1 N–H and O–H groups in total. The topological polar surface area (TPSA) is 66.5 Å². The van der Waals surface area contributed by atoms with Gasteiger partial charge in [0, 0.05) is 11.0 Å². The molecule has 1 aromatic rings. The molecule has 0 radical (unpaired) electrons. The summed E-state index contributed by atoms with van der Waals surface area (Å²) in [6, 6.07) is 7.87. The van der Waals surface area contributed by atoms with E-state index in [4.69, 9.17) is 0 Å². The summed E-state index contributed by atoms with van der Waals surface area (Å²) >= 11 is 3.49. The van der Waals surface area contributed by atoms with Crippen molar-refractivity contribution in [3.8, 4) is 0 Å². The Hall–Kier alpha value is -0.920. The molecule has 5 nitrogen and oxygen atoms in total. The fraction of sp³-hybridized carbons (Fsp3) is 0.533. The predicted octanol–water partition coefficient (Wildman–Crippen LogP) is 1.57. The van der Waals surface area contributed by atoms with Crippen LogP contribution in [-0.4, -0.2) is 49.9 Å². The zero-order valence-electron chi connectivity index (χ0n) is 12.8. The fourth-order valence-electron chi connectivity index (χ4n) is 2.70. The van der Waals surface area contributed by atoms with Crippen molar-refractivity contribution < 1.29 is 13.2 Å². The molecule has 1 heterocycles. The molecule has 0 spiro atoms. The van der Waals surface area contributed by atoms with Crippen molar-refractivity contribution in [3.05, 3.63) is 34.3 Å². The van der Waals surface area contributed by atoms with Gasteiger partial charge >= 0.3 is 0 Å². The quantitative estimate of drug-likeness (QED) is 0.831. The van der Waals surface area contributed by atoms with Crippen LogP contribution >= 0.6 is 15.9 Å². The van der Waals surface area contributed by atoms with E-state index >= 15 is 0 Å². The molecule has 1 aliphatic heterocycles. The first-order chi connectivity index (χ1) is 10.2. The zero-order chi connectivity index (χ0) is 16.4. The second kappa shape index (κ2) is 6.68. The van der Waals surface area contributed by atoms with E-state index in [2.05, 4.69) is 21.2 Å². The molecule has 1 fully saturated rings. The van der Waals surface area contributed by atoms with Gasteiger partial charge in [0.15, 0.2) is 9.84 Å². The summed E-state index contributed by atoms with van der Waals surface area (Å²) in [6.07, 6.45) is 0.481. The van der Waals surface area contributed by atoms with Crippen molar-refractivity contribution in [3.63, 3.8) is 0 Å². The van der Waals surface area contributed by atoms with Gasteiger partial charge in [-0.1, -0.05) is 34.1 Å². The summed E-state index contributed by atoms with van der Waals surface area (Å²) in [5, 5.41) is 2.87. The second-order valence-corrected chi connectivity index (χ2v) is 9.25. The highest BCUT2D eigenvalue weighted by Gasteiger charge is 2.39. The number of rotatable bonds is 5. The van der Waals surface area contributed by atoms with Gasteiger partial charge in [-0.15, -0.1) is 0 Å². The van der Waals surface area contributed by atoms with Crippen molar-refractivity contribution in [2.75, 3.05) is 25.1 Å². The Labute approximate surface area is 140 Å². The first-order valence-electron chi connectivity index (χ1n) is 7.13.